The molecule has 0 aliphatic carbocycles. The van der Waals surface area contributed by atoms with Crippen molar-refractivity contribution < 1.29 is 9.47 Å². The van der Waals surface area contributed by atoms with Crippen molar-refractivity contribution in [3.8, 4) is 11.5 Å². The van der Waals surface area contributed by atoms with E-state index in [1.54, 1.807) is 7.11 Å². The molecular formula is C17H21NO2. The lowest BCUT2D eigenvalue weighted by Crippen LogP contribution is -2.17. The monoisotopic (exact) mass is 271 g/mol. The van der Waals surface area contributed by atoms with Gasteiger partial charge in [0.05, 0.1) is 13.7 Å². The molecule has 3 nitrogen and oxygen atoms in total. The van der Waals surface area contributed by atoms with Gasteiger partial charge in [0.25, 0.3) is 0 Å². The van der Waals surface area contributed by atoms with Gasteiger partial charge in [0.1, 0.15) is 11.5 Å². The van der Waals surface area contributed by atoms with E-state index in [0.29, 0.717) is 0 Å². The van der Waals surface area contributed by atoms with Crippen LogP contribution in [0.25, 0.3) is 0 Å². The zero-order valence-corrected chi connectivity index (χ0v) is 11.8. The lowest BCUT2D eigenvalue weighted by Gasteiger charge is -2.10. The predicted octanol–water partition coefficient (Wildman–Crippen LogP) is 3.25. The number of nitrogens with one attached hydrogen (secondary N) is 1. The number of hydrogen-bond acceptors (Lipinski definition) is 3. The molecule has 1 N–H and O–H groups in total. The molecule has 0 aliphatic rings. The molecule has 2 aromatic carbocycles. The Hall–Kier alpha value is -2.00. The molecule has 0 spiro atoms. The molecule has 3 heteroatoms. The van der Waals surface area contributed by atoms with E-state index in [-0.39, 0.29) is 0 Å². The zero-order valence-electron chi connectivity index (χ0n) is 11.8. The first kappa shape index (κ1) is 14.4. The molecule has 2 rings (SSSR count). The molecule has 0 radical (unpaired) electrons. The number of hydrogen-bond donors (Lipinski definition) is 1. The van der Waals surface area contributed by atoms with E-state index in [0.717, 1.165) is 37.6 Å². The van der Waals surface area contributed by atoms with E-state index in [9.17, 15) is 0 Å². The second-order valence-electron chi connectivity index (χ2n) is 4.50. The topological polar surface area (TPSA) is 30.5 Å². The summed E-state index contributed by atoms with van der Waals surface area (Å²) in [6, 6.07) is 18.0. The third kappa shape index (κ3) is 4.59. The van der Waals surface area contributed by atoms with Crippen molar-refractivity contribution in [2.45, 2.75) is 13.0 Å². The summed E-state index contributed by atoms with van der Waals surface area (Å²) in [5, 5.41) is 3.40. The van der Waals surface area contributed by atoms with Gasteiger partial charge in [-0.1, -0.05) is 36.4 Å². The van der Waals surface area contributed by atoms with Crippen LogP contribution in [-0.2, 0) is 6.54 Å². The Morgan fingerprint density at radius 3 is 2.50 bits per heavy atom. The van der Waals surface area contributed by atoms with Crippen LogP contribution in [0.15, 0.2) is 54.6 Å². The Morgan fingerprint density at radius 1 is 0.950 bits per heavy atom. The SMILES string of the molecule is COc1ccccc1CNCCCOc1ccccc1. The highest BCUT2D eigenvalue weighted by atomic mass is 16.5. The van der Waals surface area contributed by atoms with Crippen molar-refractivity contribution >= 4 is 0 Å². The second kappa shape index (κ2) is 8.23. The van der Waals surface area contributed by atoms with Crippen LogP contribution in [0.4, 0.5) is 0 Å². The molecule has 0 unspecified atom stereocenters. The number of benzene rings is 2. The van der Waals surface area contributed by atoms with Gasteiger partial charge in [0.15, 0.2) is 0 Å². The molecule has 0 bridgehead atoms. The van der Waals surface area contributed by atoms with Gasteiger partial charge in [-0.25, -0.2) is 0 Å². The molecule has 0 heterocycles. The second-order valence-corrected chi connectivity index (χ2v) is 4.50. The van der Waals surface area contributed by atoms with Crippen LogP contribution in [-0.4, -0.2) is 20.3 Å². The summed E-state index contributed by atoms with van der Waals surface area (Å²) in [5.74, 6) is 1.86. The first-order valence-electron chi connectivity index (χ1n) is 6.90. The van der Waals surface area contributed by atoms with E-state index in [2.05, 4.69) is 11.4 Å². The lowest BCUT2D eigenvalue weighted by molar-refractivity contribution is 0.308. The van der Waals surface area contributed by atoms with Crippen molar-refractivity contribution in [3.63, 3.8) is 0 Å². The number of para-hydroxylation sites is 2. The highest BCUT2D eigenvalue weighted by molar-refractivity contribution is 5.32. The average Bonchev–Trinajstić information content (AvgIpc) is 2.52. The van der Waals surface area contributed by atoms with Gasteiger partial charge in [-0.05, 0) is 31.2 Å². The summed E-state index contributed by atoms with van der Waals surface area (Å²) in [7, 11) is 1.70. The van der Waals surface area contributed by atoms with E-state index in [1.165, 1.54) is 5.56 Å². The number of ether oxygens (including phenoxy) is 2. The minimum atomic E-state index is 0.725. The molecule has 0 fully saturated rings. The standard InChI is InChI=1S/C17H21NO2/c1-19-17-11-6-5-8-15(17)14-18-12-7-13-20-16-9-3-2-4-10-16/h2-6,8-11,18H,7,12-14H2,1H3. The summed E-state index contributed by atoms with van der Waals surface area (Å²) in [5.41, 5.74) is 1.18. The van der Waals surface area contributed by atoms with Crippen LogP contribution in [0.2, 0.25) is 0 Å². The van der Waals surface area contributed by atoms with E-state index >= 15 is 0 Å². The van der Waals surface area contributed by atoms with Crippen molar-refractivity contribution in [2.75, 3.05) is 20.3 Å². The fraction of sp³-hybridized carbons (Fsp3) is 0.294. The predicted molar refractivity (Wildman–Crippen MR) is 81.3 cm³/mol. The molecule has 0 aliphatic heterocycles. The summed E-state index contributed by atoms with van der Waals surface area (Å²) < 4.78 is 11.0. The molecule has 106 valence electrons. The first-order valence-corrected chi connectivity index (χ1v) is 6.90. The Kier molecular flexibility index (Phi) is 5.93. The first-order chi connectivity index (χ1) is 9.90. The summed E-state index contributed by atoms with van der Waals surface area (Å²) in [6.45, 7) is 2.46. The van der Waals surface area contributed by atoms with Crippen LogP contribution in [0.3, 0.4) is 0 Å². The maximum Gasteiger partial charge on any atom is 0.123 e. The van der Waals surface area contributed by atoms with Gasteiger partial charge in [0.2, 0.25) is 0 Å². The Morgan fingerprint density at radius 2 is 1.70 bits per heavy atom. The Bertz CT molecular complexity index is 499. The van der Waals surface area contributed by atoms with Gasteiger partial charge >= 0.3 is 0 Å². The third-order valence-corrected chi connectivity index (χ3v) is 3.02. The molecule has 2 aromatic rings. The van der Waals surface area contributed by atoms with Crippen molar-refractivity contribution in [3.05, 3.63) is 60.2 Å². The minimum absolute atomic E-state index is 0.725. The molecule has 0 saturated heterocycles. The van der Waals surface area contributed by atoms with E-state index < -0.39 is 0 Å². The van der Waals surface area contributed by atoms with Gasteiger partial charge in [0, 0.05) is 12.1 Å². The van der Waals surface area contributed by atoms with Crippen molar-refractivity contribution in [2.24, 2.45) is 0 Å². The quantitative estimate of drug-likeness (QED) is 0.748. The van der Waals surface area contributed by atoms with Crippen LogP contribution >= 0.6 is 0 Å². The van der Waals surface area contributed by atoms with Crippen molar-refractivity contribution in [1.29, 1.82) is 0 Å². The Balaban J connectivity index is 1.62. The minimum Gasteiger partial charge on any atom is -0.496 e. The number of rotatable bonds is 8. The molecule has 0 amide bonds. The molecular weight excluding hydrogens is 250 g/mol. The van der Waals surface area contributed by atoms with Gasteiger partial charge < -0.3 is 14.8 Å². The summed E-state index contributed by atoms with van der Waals surface area (Å²) in [6.07, 6.45) is 0.976. The van der Waals surface area contributed by atoms with Crippen LogP contribution < -0.4 is 14.8 Å². The summed E-state index contributed by atoms with van der Waals surface area (Å²) >= 11 is 0. The molecule has 0 aromatic heterocycles. The zero-order chi connectivity index (χ0) is 14.0. The number of methoxy groups -OCH3 is 1. The average molecular weight is 271 g/mol. The van der Waals surface area contributed by atoms with Crippen molar-refractivity contribution in [1.82, 2.24) is 5.32 Å². The van der Waals surface area contributed by atoms with Crippen LogP contribution in [0.5, 0.6) is 11.5 Å². The van der Waals surface area contributed by atoms with Crippen LogP contribution in [0, 0.1) is 0 Å². The molecule has 20 heavy (non-hydrogen) atoms. The van der Waals surface area contributed by atoms with Gasteiger partial charge in [-0.3, -0.25) is 0 Å². The van der Waals surface area contributed by atoms with E-state index in [4.69, 9.17) is 9.47 Å². The lowest BCUT2D eigenvalue weighted by atomic mass is 10.2. The highest BCUT2D eigenvalue weighted by Gasteiger charge is 2.00. The fourth-order valence-corrected chi connectivity index (χ4v) is 1.98. The maximum absolute atomic E-state index is 5.64. The molecule has 0 saturated carbocycles. The highest BCUT2D eigenvalue weighted by Crippen LogP contribution is 2.16. The third-order valence-electron chi connectivity index (χ3n) is 3.02. The largest absolute Gasteiger partial charge is 0.496 e. The smallest absolute Gasteiger partial charge is 0.123 e. The van der Waals surface area contributed by atoms with Crippen LogP contribution in [0.1, 0.15) is 12.0 Å². The Labute approximate surface area is 120 Å². The normalized spacial score (nSPS) is 10.2. The molecule has 0 atom stereocenters. The van der Waals surface area contributed by atoms with Gasteiger partial charge in [-0.15, -0.1) is 0 Å². The fourth-order valence-electron chi connectivity index (χ4n) is 1.98. The van der Waals surface area contributed by atoms with Gasteiger partial charge in [-0.2, -0.15) is 0 Å². The summed E-state index contributed by atoms with van der Waals surface area (Å²) in [4.78, 5) is 0. The van der Waals surface area contributed by atoms with E-state index in [1.807, 2.05) is 48.5 Å². The maximum atomic E-state index is 5.64.